The first-order valence-corrected chi connectivity index (χ1v) is 6.53. The van der Waals surface area contributed by atoms with E-state index in [-0.39, 0.29) is 0 Å². The Morgan fingerprint density at radius 1 is 1.29 bits per heavy atom. The summed E-state index contributed by atoms with van der Waals surface area (Å²) in [5.41, 5.74) is 4.99. The highest BCUT2D eigenvalue weighted by Crippen LogP contribution is 2.32. The third-order valence-corrected chi connectivity index (χ3v) is 3.63. The van der Waals surface area contributed by atoms with Crippen LogP contribution in [-0.2, 0) is 11.2 Å². The van der Waals surface area contributed by atoms with Gasteiger partial charge in [0.25, 0.3) is 0 Å². The molecule has 17 heavy (non-hydrogen) atoms. The number of hydrogen-bond donors (Lipinski definition) is 0. The second kappa shape index (κ2) is 4.17. The largest absolute Gasteiger partial charge is 0.498 e. The molecule has 1 aromatic rings. The van der Waals surface area contributed by atoms with Gasteiger partial charge in [0.1, 0.15) is 0 Å². The summed E-state index contributed by atoms with van der Waals surface area (Å²) in [5, 5.41) is 0. The number of pyridine rings is 1. The highest BCUT2D eigenvalue weighted by molar-refractivity contribution is 5.56. The van der Waals surface area contributed by atoms with E-state index in [9.17, 15) is 0 Å². The number of nitrogens with zero attached hydrogens (tertiary/aromatic N) is 1. The minimum Gasteiger partial charge on any atom is -0.498 e. The standard InChI is InChI=1S/C15H19NO/c1-10-7-11(2)16-15-8-13(5-6-14(10)15)17-9-12-3-4-12/h7-8,12H,3-6,9H2,1-2H3. The molecule has 0 radical (unpaired) electrons. The molecule has 1 saturated carbocycles. The van der Waals surface area contributed by atoms with Crippen LogP contribution in [0.4, 0.5) is 0 Å². The molecule has 0 saturated heterocycles. The van der Waals surface area contributed by atoms with E-state index in [2.05, 4.69) is 31.0 Å². The van der Waals surface area contributed by atoms with Gasteiger partial charge in [-0.25, -0.2) is 0 Å². The van der Waals surface area contributed by atoms with Crippen molar-refractivity contribution in [3.8, 4) is 0 Å². The van der Waals surface area contributed by atoms with Crippen molar-refractivity contribution in [1.82, 2.24) is 4.98 Å². The minimum atomic E-state index is 0.824. The van der Waals surface area contributed by atoms with E-state index >= 15 is 0 Å². The van der Waals surface area contributed by atoms with Crippen LogP contribution in [0.3, 0.4) is 0 Å². The Kier molecular flexibility index (Phi) is 2.65. The van der Waals surface area contributed by atoms with Gasteiger partial charge < -0.3 is 4.74 Å². The summed E-state index contributed by atoms with van der Waals surface area (Å²) in [4.78, 5) is 4.61. The third-order valence-electron chi connectivity index (χ3n) is 3.63. The molecule has 2 aliphatic carbocycles. The highest BCUT2D eigenvalue weighted by Gasteiger charge is 2.23. The molecule has 0 aliphatic heterocycles. The van der Waals surface area contributed by atoms with E-state index in [0.717, 1.165) is 42.5 Å². The number of hydrogen-bond acceptors (Lipinski definition) is 2. The van der Waals surface area contributed by atoms with Crippen LogP contribution < -0.4 is 0 Å². The molecular weight excluding hydrogens is 210 g/mol. The van der Waals surface area contributed by atoms with Crippen LogP contribution in [0.25, 0.3) is 6.08 Å². The molecule has 0 atom stereocenters. The molecule has 1 heterocycles. The van der Waals surface area contributed by atoms with Crippen molar-refractivity contribution in [2.75, 3.05) is 6.61 Å². The van der Waals surface area contributed by atoms with Gasteiger partial charge in [-0.2, -0.15) is 0 Å². The Labute approximate surface area is 103 Å². The maximum atomic E-state index is 5.86. The fraction of sp³-hybridized carbons (Fsp3) is 0.533. The Balaban J connectivity index is 1.82. The highest BCUT2D eigenvalue weighted by atomic mass is 16.5. The van der Waals surface area contributed by atoms with Crippen molar-refractivity contribution in [1.29, 1.82) is 0 Å². The normalized spacial score (nSPS) is 18.6. The lowest BCUT2D eigenvalue weighted by molar-refractivity contribution is 0.192. The summed E-state index contributed by atoms with van der Waals surface area (Å²) < 4.78 is 5.86. The average Bonchev–Trinajstić information content (AvgIpc) is 3.09. The minimum absolute atomic E-state index is 0.824. The second-order valence-electron chi connectivity index (χ2n) is 5.31. The summed E-state index contributed by atoms with van der Waals surface area (Å²) in [6, 6.07) is 2.17. The molecule has 2 heteroatoms. The number of aromatic nitrogens is 1. The van der Waals surface area contributed by atoms with Crippen LogP contribution in [-0.4, -0.2) is 11.6 Å². The fourth-order valence-electron chi connectivity index (χ4n) is 2.43. The topological polar surface area (TPSA) is 22.1 Å². The Morgan fingerprint density at radius 2 is 2.12 bits per heavy atom. The molecule has 2 nitrogen and oxygen atoms in total. The summed E-state index contributed by atoms with van der Waals surface area (Å²) >= 11 is 0. The molecule has 3 rings (SSSR count). The number of allylic oxidation sites excluding steroid dienone is 1. The van der Waals surface area contributed by atoms with E-state index < -0.39 is 0 Å². The summed E-state index contributed by atoms with van der Waals surface area (Å²) in [6.07, 6.45) is 6.94. The second-order valence-corrected chi connectivity index (χ2v) is 5.31. The molecule has 0 amide bonds. The molecule has 0 spiro atoms. The van der Waals surface area contributed by atoms with Crippen LogP contribution in [0.1, 0.15) is 41.8 Å². The van der Waals surface area contributed by atoms with E-state index in [1.165, 1.54) is 24.0 Å². The van der Waals surface area contributed by atoms with Gasteiger partial charge in [-0.05, 0) is 56.2 Å². The van der Waals surface area contributed by atoms with Crippen LogP contribution in [0, 0.1) is 19.8 Å². The molecular formula is C15H19NO. The van der Waals surface area contributed by atoms with Crippen molar-refractivity contribution in [2.24, 2.45) is 5.92 Å². The summed E-state index contributed by atoms with van der Waals surface area (Å²) in [5.74, 6) is 1.95. The molecule has 1 fully saturated rings. The van der Waals surface area contributed by atoms with E-state index in [4.69, 9.17) is 4.74 Å². The first-order valence-electron chi connectivity index (χ1n) is 6.53. The van der Waals surface area contributed by atoms with E-state index in [1.54, 1.807) is 0 Å². The van der Waals surface area contributed by atoms with E-state index in [1.807, 2.05) is 0 Å². The Hall–Kier alpha value is -1.31. The van der Waals surface area contributed by atoms with Crippen molar-refractivity contribution in [3.63, 3.8) is 0 Å². The van der Waals surface area contributed by atoms with Crippen molar-refractivity contribution >= 4 is 6.08 Å². The smallest absolute Gasteiger partial charge is 0.0984 e. The lowest BCUT2D eigenvalue weighted by Crippen LogP contribution is -2.08. The quantitative estimate of drug-likeness (QED) is 0.792. The fourth-order valence-corrected chi connectivity index (χ4v) is 2.43. The average molecular weight is 229 g/mol. The third kappa shape index (κ3) is 2.36. The number of aryl methyl sites for hydroxylation is 2. The van der Waals surface area contributed by atoms with Crippen LogP contribution in [0.15, 0.2) is 11.8 Å². The zero-order valence-corrected chi connectivity index (χ0v) is 10.6. The van der Waals surface area contributed by atoms with Gasteiger partial charge in [-0.3, -0.25) is 4.98 Å². The van der Waals surface area contributed by atoms with Gasteiger partial charge >= 0.3 is 0 Å². The van der Waals surface area contributed by atoms with Gasteiger partial charge in [0.2, 0.25) is 0 Å². The lowest BCUT2D eigenvalue weighted by atomic mass is 9.96. The van der Waals surface area contributed by atoms with E-state index in [0.29, 0.717) is 0 Å². The van der Waals surface area contributed by atoms with Crippen LogP contribution in [0.5, 0.6) is 0 Å². The van der Waals surface area contributed by atoms with Gasteiger partial charge in [0, 0.05) is 18.2 Å². The number of rotatable bonds is 3. The lowest BCUT2D eigenvalue weighted by Gasteiger charge is -2.18. The zero-order chi connectivity index (χ0) is 11.8. The molecule has 0 aromatic carbocycles. The molecule has 1 aromatic heterocycles. The van der Waals surface area contributed by atoms with Crippen molar-refractivity contribution in [3.05, 3.63) is 34.3 Å². The first kappa shape index (κ1) is 10.8. The van der Waals surface area contributed by atoms with Gasteiger partial charge in [0.05, 0.1) is 18.1 Å². The molecule has 90 valence electrons. The molecule has 0 bridgehead atoms. The molecule has 2 aliphatic rings. The summed E-state index contributed by atoms with van der Waals surface area (Å²) in [6.45, 7) is 5.14. The SMILES string of the molecule is Cc1cc(C)c2c(n1)C=C(OCC1CC1)CC2. The van der Waals surface area contributed by atoms with Gasteiger partial charge in [-0.15, -0.1) is 0 Å². The predicted molar refractivity (Wildman–Crippen MR) is 68.7 cm³/mol. The monoisotopic (exact) mass is 229 g/mol. The Bertz CT molecular complexity index is 472. The van der Waals surface area contributed by atoms with Gasteiger partial charge in [-0.1, -0.05) is 0 Å². The number of fused-ring (bicyclic) bond motifs is 1. The Morgan fingerprint density at radius 3 is 2.88 bits per heavy atom. The zero-order valence-electron chi connectivity index (χ0n) is 10.6. The predicted octanol–water partition coefficient (Wildman–Crippen LogP) is 3.41. The number of ether oxygens (including phenoxy) is 1. The first-order chi connectivity index (χ1) is 8.22. The molecule has 0 N–H and O–H groups in total. The maximum Gasteiger partial charge on any atom is 0.0984 e. The molecule has 0 unspecified atom stereocenters. The van der Waals surface area contributed by atoms with Crippen LogP contribution >= 0.6 is 0 Å². The van der Waals surface area contributed by atoms with Gasteiger partial charge in [0.15, 0.2) is 0 Å². The van der Waals surface area contributed by atoms with Crippen LogP contribution in [0.2, 0.25) is 0 Å². The maximum absolute atomic E-state index is 5.86. The van der Waals surface area contributed by atoms with Crippen molar-refractivity contribution in [2.45, 2.75) is 39.5 Å². The van der Waals surface area contributed by atoms with Crippen molar-refractivity contribution < 1.29 is 4.74 Å². The summed E-state index contributed by atoms with van der Waals surface area (Å²) in [7, 11) is 0.